The SMILES string of the molecule is Cn1ncc2c(N3CCCCC3CCN)ncnc21. The van der Waals surface area contributed by atoms with Gasteiger partial charge in [-0.05, 0) is 32.2 Å². The molecule has 6 nitrogen and oxygen atoms in total. The van der Waals surface area contributed by atoms with Crippen molar-refractivity contribution in [3.05, 3.63) is 12.5 Å². The molecule has 0 aliphatic carbocycles. The van der Waals surface area contributed by atoms with Crippen molar-refractivity contribution in [2.45, 2.75) is 31.7 Å². The minimum absolute atomic E-state index is 0.497. The minimum atomic E-state index is 0.497. The topological polar surface area (TPSA) is 72.9 Å². The smallest absolute Gasteiger partial charge is 0.163 e. The quantitative estimate of drug-likeness (QED) is 0.893. The van der Waals surface area contributed by atoms with Gasteiger partial charge in [-0.1, -0.05) is 0 Å². The van der Waals surface area contributed by atoms with Gasteiger partial charge < -0.3 is 10.6 Å². The van der Waals surface area contributed by atoms with Gasteiger partial charge in [-0.15, -0.1) is 0 Å². The molecule has 0 spiro atoms. The number of rotatable bonds is 3. The van der Waals surface area contributed by atoms with Gasteiger partial charge in [0.25, 0.3) is 0 Å². The highest BCUT2D eigenvalue weighted by Crippen LogP contribution is 2.29. The third-order valence-electron chi connectivity index (χ3n) is 3.91. The highest BCUT2D eigenvalue weighted by molar-refractivity contribution is 5.86. The number of fused-ring (bicyclic) bond motifs is 1. The predicted octanol–water partition coefficient (Wildman–Crippen LogP) is 1.07. The van der Waals surface area contributed by atoms with Gasteiger partial charge in [-0.2, -0.15) is 5.10 Å². The number of hydrogen-bond acceptors (Lipinski definition) is 5. The second-order valence-electron chi connectivity index (χ2n) is 5.12. The van der Waals surface area contributed by atoms with Crippen LogP contribution in [0.3, 0.4) is 0 Å². The van der Waals surface area contributed by atoms with E-state index >= 15 is 0 Å². The normalized spacial score (nSPS) is 20.1. The van der Waals surface area contributed by atoms with Crippen LogP contribution in [0.1, 0.15) is 25.7 Å². The lowest BCUT2D eigenvalue weighted by atomic mass is 9.99. The average Bonchev–Trinajstić information content (AvgIpc) is 2.82. The van der Waals surface area contributed by atoms with E-state index in [1.807, 2.05) is 13.2 Å². The number of nitrogens with zero attached hydrogens (tertiary/aromatic N) is 5. The molecule has 1 aliphatic rings. The number of nitrogens with two attached hydrogens (primary N) is 1. The van der Waals surface area contributed by atoms with E-state index in [2.05, 4.69) is 20.0 Å². The zero-order valence-electron chi connectivity index (χ0n) is 11.3. The van der Waals surface area contributed by atoms with Crippen molar-refractivity contribution in [3.8, 4) is 0 Å². The summed E-state index contributed by atoms with van der Waals surface area (Å²) in [6, 6.07) is 0.497. The molecule has 1 unspecified atom stereocenters. The Hall–Kier alpha value is -1.69. The first-order chi connectivity index (χ1) is 9.31. The lowest BCUT2D eigenvalue weighted by molar-refractivity contribution is 0.439. The maximum Gasteiger partial charge on any atom is 0.163 e. The van der Waals surface area contributed by atoms with Gasteiger partial charge in [0.2, 0.25) is 0 Å². The molecule has 1 atom stereocenters. The van der Waals surface area contributed by atoms with Gasteiger partial charge in [0.05, 0.1) is 11.6 Å². The molecule has 1 aliphatic heterocycles. The molecule has 0 radical (unpaired) electrons. The van der Waals surface area contributed by atoms with Crippen LogP contribution in [-0.2, 0) is 7.05 Å². The van der Waals surface area contributed by atoms with E-state index in [9.17, 15) is 0 Å². The Morgan fingerprint density at radius 1 is 1.37 bits per heavy atom. The predicted molar refractivity (Wildman–Crippen MR) is 75.0 cm³/mol. The zero-order chi connectivity index (χ0) is 13.2. The Bertz CT molecular complexity index is 561. The van der Waals surface area contributed by atoms with Crippen LogP contribution in [-0.4, -0.2) is 38.9 Å². The van der Waals surface area contributed by atoms with Gasteiger partial charge in [-0.25, -0.2) is 9.97 Å². The highest BCUT2D eigenvalue weighted by atomic mass is 15.3. The maximum atomic E-state index is 5.74. The van der Waals surface area contributed by atoms with Crippen molar-refractivity contribution in [2.75, 3.05) is 18.0 Å². The maximum absolute atomic E-state index is 5.74. The molecule has 0 amide bonds. The van der Waals surface area contributed by atoms with Crippen LogP contribution < -0.4 is 10.6 Å². The monoisotopic (exact) mass is 260 g/mol. The molecule has 102 valence electrons. The first kappa shape index (κ1) is 12.3. The van der Waals surface area contributed by atoms with E-state index in [0.717, 1.165) is 36.4 Å². The van der Waals surface area contributed by atoms with E-state index < -0.39 is 0 Å². The van der Waals surface area contributed by atoms with Gasteiger partial charge in [0.15, 0.2) is 5.65 Å². The number of aryl methyl sites for hydroxylation is 1. The molecular weight excluding hydrogens is 240 g/mol. The van der Waals surface area contributed by atoms with Crippen molar-refractivity contribution in [1.29, 1.82) is 0 Å². The second kappa shape index (κ2) is 5.13. The average molecular weight is 260 g/mol. The van der Waals surface area contributed by atoms with Gasteiger partial charge in [0, 0.05) is 19.6 Å². The molecule has 1 saturated heterocycles. The van der Waals surface area contributed by atoms with E-state index in [-0.39, 0.29) is 0 Å². The summed E-state index contributed by atoms with van der Waals surface area (Å²) in [7, 11) is 1.91. The van der Waals surface area contributed by atoms with Crippen LogP contribution in [0.4, 0.5) is 5.82 Å². The van der Waals surface area contributed by atoms with E-state index in [0.29, 0.717) is 6.04 Å². The molecule has 2 aromatic rings. The van der Waals surface area contributed by atoms with Crippen LogP contribution in [0, 0.1) is 0 Å². The fourth-order valence-electron chi connectivity index (χ4n) is 2.95. The van der Waals surface area contributed by atoms with Gasteiger partial charge >= 0.3 is 0 Å². The molecule has 6 heteroatoms. The van der Waals surface area contributed by atoms with Crippen molar-refractivity contribution in [3.63, 3.8) is 0 Å². The molecule has 19 heavy (non-hydrogen) atoms. The molecule has 3 heterocycles. The summed E-state index contributed by atoms with van der Waals surface area (Å²) in [5.41, 5.74) is 6.63. The van der Waals surface area contributed by atoms with Crippen molar-refractivity contribution >= 4 is 16.9 Å². The van der Waals surface area contributed by atoms with Crippen molar-refractivity contribution in [1.82, 2.24) is 19.7 Å². The van der Waals surface area contributed by atoms with Crippen LogP contribution in [0.5, 0.6) is 0 Å². The molecule has 1 fully saturated rings. The summed E-state index contributed by atoms with van der Waals surface area (Å²) in [6.07, 6.45) is 8.20. The Morgan fingerprint density at radius 3 is 3.11 bits per heavy atom. The highest BCUT2D eigenvalue weighted by Gasteiger charge is 2.25. The summed E-state index contributed by atoms with van der Waals surface area (Å²) < 4.78 is 1.79. The third-order valence-corrected chi connectivity index (χ3v) is 3.91. The fraction of sp³-hybridized carbons (Fsp3) is 0.615. The first-order valence-electron chi connectivity index (χ1n) is 6.90. The summed E-state index contributed by atoms with van der Waals surface area (Å²) in [5, 5.41) is 5.32. The second-order valence-corrected chi connectivity index (χ2v) is 5.12. The third kappa shape index (κ3) is 2.16. The zero-order valence-corrected chi connectivity index (χ0v) is 11.3. The molecule has 2 N–H and O–H groups in total. The Balaban J connectivity index is 2.01. The van der Waals surface area contributed by atoms with E-state index in [1.165, 1.54) is 19.3 Å². The number of hydrogen-bond donors (Lipinski definition) is 1. The van der Waals surface area contributed by atoms with E-state index in [1.54, 1.807) is 11.0 Å². The van der Waals surface area contributed by atoms with Crippen molar-refractivity contribution in [2.24, 2.45) is 12.8 Å². The fourth-order valence-corrected chi connectivity index (χ4v) is 2.95. The Kier molecular flexibility index (Phi) is 3.33. The van der Waals surface area contributed by atoms with E-state index in [4.69, 9.17) is 5.73 Å². The van der Waals surface area contributed by atoms with Gasteiger partial charge in [-0.3, -0.25) is 4.68 Å². The minimum Gasteiger partial charge on any atom is -0.353 e. The Morgan fingerprint density at radius 2 is 2.26 bits per heavy atom. The van der Waals surface area contributed by atoms with Crippen molar-refractivity contribution < 1.29 is 0 Å². The summed E-state index contributed by atoms with van der Waals surface area (Å²) in [5.74, 6) is 1.01. The lowest BCUT2D eigenvalue weighted by Crippen LogP contribution is -2.41. The summed E-state index contributed by atoms with van der Waals surface area (Å²) in [4.78, 5) is 11.2. The molecule has 3 rings (SSSR count). The molecule has 0 aromatic carbocycles. The molecular formula is C13H20N6. The van der Waals surface area contributed by atoms with Crippen LogP contribution in [0.2, 0.25) is 0 Å². The first-order valence-corrected chi connectivity index (χ1v) is 6.90. The standard InChI is InChI=1S/C13H20N6/c1-18-12-11(8-17-18)13(16-9-15-12)19-7-3-2-4-10(19)5-6-14/h8-10H,2-7,14H2,1H3. The van der Waals surface area contributed by atoms with Crippen LogP contribution >= 0.6 is 0 Å². The number of aromatic nitrogens is 4. The number of piperidine rings is 1. The largest absolute Gasteiger partial charge is 0.353 e. The molecule has 0 bridgehead atoms. The van der Waals surface area contributed by atoms with Crippen LogP contribution in [0.25, 0.3) is 11.0 Å². The lowest BCUT2D eigenvalue weighted by Gasteiger charge is -2.36. The summed E-state index contributed by atoms with van der Waals surface area (Å²) >= 11 is 0. The van der Waals surface area contributed by atoms with Crippen LogP contribution in [0.15, 0.2) is 12.5 Å². The molecule has 2 aromatic heterocycles. The summed E-state index contributed by atoms with van der Waals surface area (Å²) in [6.45, 7) is 1.77. The molecule has 0 saturated carbocycles. The Labute approximate surface area is 112 Å². The number of anilines is 1. The van der Waals surface area contributed by atoms with Gasteiger partial charge in [0.1, 0.15) is 12.1 Å².